The van der Waals surface area contributed by atoms with Gasteiger partial charge in [0.15, 0.2) is 0 Å². The highest BCUT2D eigenvalue weighted by Crippen LogP contribution is 2.18. The number of aliphatic hydroxyl groups excluding tert-OH is 1. The first-order chi connectivity index (χ1) is 7.95. The molecule has 1 rings (SSSR count). The SMILES string of the molecule is CSC(C)CNC(=O)N1C[C@H](O)C[C@@H]1C(=O)O. The minimum atomic E-state index is -1.07. The van der Waals surface area contributed by atoms with Crippen molar-refractivity contribution in [1.29, 1.82) is 0 Å². The molecule has 0 saturated carbocycles. The topological polar surface area (TPSA) is 89.9 Å². The molecule has 1 aliphatic heterocycles. The van der Waals surface area contributed by atoms with Gasteiger partial charge >= 0.3 is 12.0 Å². The number of likely N-dealkylation sites (tertiary alicyclic amines) is 1. The lowest BCUT2D eigenvalue weighted by Crippen LogP contribution is -2.47. The number of carbonyl (C=O) groups excluding carboxylic acids is 1. The van der Waals surface area contributed by atoms with Gasteiger partial charge in [-0.05, 0) is 6.26 Å². The summed E-state index contributed by atoms with van der Waals surface area (Å²) in [5.74, 6) is -1.07. The number of thioether (sulfide) groups is 1. The number of hydrogen-bond acceptors (Lipinski definition) is 4. The fourth-order valence-electron chi connectivity index (χ4n) is 1.69. The molecule has 0 aromatic heterocycles. The average molecular weight is 262 g/mol. The average Bonchev–Trinajstić information content (AvgIpc) is 2.67. The molecule has 1 fully saturated rings. The van der Waals surface area contributed by atoms with Crippen LogP contribution in [0.1, 0.15) is 13.3 Å². The second-order valence-corrected chi connectivity index (χ2v) is 5.40. The normalized spacial score (nSPS) is 25.7. The van der Waals surface area contributed by atoms with Crippen LogP contribution in [0.25, 0.3) is 0 Å². The van der Waals surface area contributed by atoms with Crippen molar-refractivity contribution in [1.82, 2.24) is 10.2 Å². The molecule has 0 bridgehead atoms. The third-order valence-corrected chi connectivity index (χ3v) is 3.74. The van der Waals surface area contributed by atoms with Crippen molar-refractivity contribution in [3.05, 3.63) is 0 Å². The third kappa shape index (κ3) is 3.78. The second-order valence-electron chi connectivity index (χ2n) is 4.13. The molecule has 3 atom stereocenters. The van der Waals surface area contributed by atoms with Gasteiger partial charge < -0.3 is 20.4 Å². The van der Waals surface area contributed by atoms with E-state index in [1.807, 2.05) is 13.2 Å². The number of nitrogens with zero attached hydrogens (tertiary/aromatic N) is 1. The Kier molecular flexibility index (Phi) is 5.07. The summed E-state index contributed by atoms with van der Waals surface area (Å²) in [7, 11) is 0. The fourth-order valence-corrected chi connectivity index (χ4v) is 1.94. The minimum absolute atomic E-state index is 0.0798. The summed E-state index contributed by atoms with van der Waals surface area (Å²) >= 11 is 1.62. The highest BCUT2D eigenvalue weighted by molar-refractivity contribution is 7.99. The van der Waals surface area contributed by atoms with E-state index < -0.39 is 24.1 Å². The molecule has 1 heterocycles. The molecule has 0 spiro atoms. The molecule has 0 aromatic carbocycles. The number of aliphatic carboxylic acids is 1. The van der Waals surface area contributed by atoms with Gasteiger partial charge in [-0.1, -0.05) is 6.92 Å². The van der Waals surface area contributed by atoms with Gasteiger partial charge in [-0.3, -0.25) is 0 Å². The van der Waals surface area contributed by atoms with E-state index in [2.05, 4.69) is 5.32 Å². The zero-order valence-corrected chi connectivity index (χ0v) is 10.7. The third-order valence-electron chi connectivity index (χ3n) is 2.77. The Morgan fingerprint density at radius 3 is 2.76 bits per heavy atom. The van der Waals surface area contributed by atoms with E-state index in [1.54, 1.807) is 11.8 Å². The molecule has 17 heavy (non-hydrogen) atoms. The maximum absolute atomic E-state index is 11.8. The van der Waals surface area contributed by atoms with Crippen LogP contribution in [0.3, 0.4) is 0 Å². The smallest absolute Gasteiger partial charge is 0.326 e. The van der Waals surface area contributed by atoms with Crippen molar-refractivity contribution in [2.45, 2.75) is 30.7 Å². The number of amides is 2. The Balaban J connectivity index is 2.52. The summed E-state index contributed by atoms with van der Waals surface area (Å²) in [4.78, 5) is 23.9. The zero-order valence-electron chi connectivity index (χ0n) is 9.92. The number of hydrogen-bond donors (Lipinski definition) is 3. The summed E-state index contributed by atoms with van der Waals surface area (Å²) in [5, 5.41) is 21.3. The molecule has 98 valence electrons. The molecule has 1 unspecified atom stereocenters. The first-order valence-corrected chi connectivity index (χ1v) is 6.72. The van der Waals surface area contributed by atoms with Gasteiger partial charge in [0.1, 0.15) is 6.04 Å². The number of β-amino-alcohol motifs (C(OH)–C–C–N with tert-alkyl or cyclic N) is 1. The summed E-state index contributed by atoms with van der Waals surface area (Å²) in [6, 6.07) is -1.34. The lowest BCUT2D eigenvalue weighted by atomic mass is 10.2. The van der Waals surface area contributed by atoms with Gasteiger partial charge in [0.2, 0.25) is 0 Å². The number of aliphatic hydroxyl groups is 1. The quantitative estimate of drug-likeness (QED) is 0.662. The first kappa shape index (κ1) is 14.1. The van der Waals surface area contributed by atoms with Crippen molar-refractivity contribution in [3.63, 3.8) is 0 Å². The Morgan fingerprint density at radius 2 is 2.24 bits per heavy atom. The predicted octanol–water partition coefficient (Wildman–Crippen LogP) is -0.0327. The molecule has 3 N–H and O–H groups in total. The summed E-state index contributed by atoms with van der Waals surface area (Å²) in [6.07, 6.45) is 1.29. The van der Waals surface area contributed by atoms with Gasteiger partial charge in [0, 0.05) is 24.8 Å². The van der Waals surface area contributed by atoms with Gasteiger partial charge in [-0.25, -0.2) is 9.59 Å². The molecule has 0 aliphatic carbocycles. The van der Waals surface area contributed by atoms with E-state index in [9.17, 15) is 14.7 Å². The highest BCUT2D eigenvalue weighted by atomic mass is 32.2. The maximum atomic E-state index is 11.8. The maximum Gasteiger partial charge on any atom is 0.326 e. The minimum Gasteiger partial charge on any atom is -0.480 e. The Hall–Kier alpha value is -0.950. The van der Waals surface area contributed by atoms with E-state index in [1.165, 1.54) is 4.90 Å². The zero-order chi connectivity index (χ0) is 13.0. The number of nitrogens with one attached hydrogen (secondary N) is 1. The molecule has 2 amide bonds. The van der Waals surface area contributed by atoms with Crippen molar-refractivity contribution in [3.8, 4) is 0 Å². The number of carbonyl (C=O) groups is 2. The van der Waals surface area contributed by atoms with Crippen molar-refractivity contribution in [2.24, 2.45) is 0 Å². The number of urea groups is 1. The molecule has 1 aliphatic rings. The number of carboxylic acids is 1. The molecule has 0 aromatic rings. The largest absolute Gasteiger partial charge is 0.480 e. The summed E-state index contributed by atoms with van der Waals surface area (Å²) in [5.41, 5.74) is 0. The lowest BCUT2D eigenvalue weighted by molar-refractivity contribution is -0.141. The van der Waals surface area contributed by atoms with Crippen molar-refractivity contribution >= 4 is 23.8 Å². The van der Waals surface area contributed by atoms with Gasteiger partial charge in [-0.2, -0.15) is 11.8 Å². The van der Waals surface area contributed by atoms with E-state index in [4.69, 9.17) is 5.11 Å². The summed E-state index contributed by atoms with van der Waals surface area (Å²) < 4.78 is 0. The van der Waals surface area contributed by atoms with Crippen LogP contribution in [0.15, 0.2) is 0 Å². The van der Waals surface area contributed by atoms with Gasteiger partial charge in [0.05, 0.1) is 6.10 Å². The number of carboxylic acid groups (broad SMARTS) is 1. The molecular weight excluding hydrogens is 244 g/mol. The predicted molar refractivity (Wildman–Crippen MR) is 65.1 cm³/mol. The van der Waals surface area contributed by atoms with Crippen molar-refractivity contribution in [2.75, 3.05) is 19.3 Å². The monoisotopic (exact) mass is 262 g/mol. The molecule has 1 saturated heterocycles. The van der Waals surface area contributed by atoms with Crippen LogP contribution in [0, 0.1) is 0 Å². The fraction of sp³-hybridized carbons (Fsp3) is 0.800. The molecular formula is C10H18N2O4S. The van der Waals surface area contributed by atoms with Crippen molar-refractivity contribution < 1.29 is 19.8 Å². The second kappa shape index (κ2) is 6.11. The van der Waals surface area contributed by atoms with E-state index in [0.29, 0.717) is 6.54 Å². The Bertz CT molecular complexity index is 300. The van der Waals surface area contributed by atoms with Crippen LogP contribution in [-0.2, 0) is 4.79 Å². The van der Waals surface area contributed by atoms with Crippen LogP contribution in [0.5, 0.6) is 0 Å². The van der Waals surface area contributed by atoms with Crippen LogP contribution in [-0.4, -0.2) is 63.9 Å². The van der Waals surface area contributed by atoms with E-state index >= 15 is 0 Å². The van der Waals surface area contributed by atoms with Crippen LogP contribution >= 0.6 is 11.8 Å². The summed E-state index contributed by atoms with van der Waals surface area (Å²) in [6.45, 7) is 2.54. The first-order valence-electron chi connectivity index (χ1n) is 5.43. The standard InChI is InChI=1S/C10H18N2O4S/c1-6(17-2)4-11-10(16)12-5-7(13)3-8(12)9(14)15/h6-8,13H,3-5H2,1-2H3,(H,11,16)(H,14,15)/t6?,7-,8-/m1/s1. The van der Waals surface area contributed by atoms with Gasteiger partial charge in [0.25, 0.3) is 0 Å². The highest BCUT2D eigenvalue weighted by Gasteiger charge is 2.38. The van der Waals surface area contributed by atoms with E-state index in [-0.39, 0.29) is 18.2 Å². The van der Waals surface area contributed by atoms with Crippen LogP contribution in [0.2, 0.25) is 0 Å². The molecule has 0 radical (unpaired) electrons. The number of rotatable bonds is 4. The van der Waals surface area contributed by atoms with Crippen LogP contribution in [0.4, 0.5) is 4.79 Å². The molecule has 7 heteroatoms. The van der Waals surface area contributed by atoms with E-state index in [0.717, 1.165) is 0 Å². The van der Waals surface area contributed by atoms with Gasteiger partial charge in [-0.15, -0.1) is 0 Å². The Labute approximate surface area is 104 Å². The molecule has 6 nitrogen and oxygen atoms in total. The Morgan fingerprint density at radius 1 is 1.59 bits per heavy atom. The van der Waals surface area contributed by atoms with Crippen LogP contribution < -0.4 is 5.32 Å². The lowest BCUT2D eigenvalue weighted by Gasteiger charge is -2.22.